The third-order valence-corrected chi connectivity index (χ3v) is 5.14. The smallest absolute Gasteiger partial charge is 0.407 e. The zero-order valence-corrected chi connectivity index (χ0v) is 18.0. The summed E-state index contributed by atoms with van der Waals surface area (Å²) < 4.78 is 16.7. The first kappa shape index (κ1) is 23.4. The summed E-state index contributed by atoms with van der Waals surface area (Å²) >= 11 is 0. The summed E-state index contributed by atoms with van der Waals surface area (Å²) in [5, 5.41) is 18.7. The molecule has 1 aliphatic rings. The monoisotopic (exact) mass is 444 g/mol. The topological polar surface area (TPSA) is 109 Å². The van der Waals surface area contributed by atoms with Gasteiger partial charge in [-0.15, -0.1) is 0 Å². The van der Waals surface area contributed by atoms with E-state index in [1.54, 1.807) is 31.4 Å². The molecule has 3 rings (SSSR count). The summed E-state index contributed by atoms with van der Waals surface area (Å²) in [7, 11) is 1.63. The second-order valence-electron chi connectivity index (χ2n) is 7.32. The largest absolute Gasteiger partial charge is 0.496 e. The number of rotatable bonds is 10. The van der Waals surface area contributed by atoms with Gasteiger partial charge < -0.3 is 29.3 Å². The first-order valence-electron chi connectivity index (χ1n) is 10.4. The molecular formula is C23H28N2O7. The van der Waals surface area contributed by atoms with Crippen molar-refractivity contribution >= 4 is 17.7 Å². The Morgan fingerprint density at radius 2 is 1.88 bits per heavy atom. The van der Waals surface area contributed by atoms with Gasteiger partial charge in [-0.3, -0.25) is 9.69 Å². The van der Waals surface area contributed by atoms with Crippen LogP contribution in [0.15, 0.2) is 48.5 Å². The summed E-state index contributed by atoms with van der Waals surface area (Å²) in [4.78, 5) is 26.0. The zero-order chi connectivity index (χ0) is 22.9. The fourth-order valence-electron chi connectivity index (χ4n) is 3.54. The fourth-order valence-corrected chi connectivity index (χ4v) is 3.54. The average molecular weight is 444 g/mol. The Labute approximate surface area is 186 Å². The molecule has 2 aromatic rings. The van der Waals surface area contributed by atoms with E-state index in [0.717, 1.165) is 16.2 Å². The molecule has 1 atom stereocenters. The molecule has 0 saturated carbocycles. The third kappa shape index (κ3) is 5.89. The Morgan fingerprint density at radius 3 is 2.56 bits per heavy atom. The summed E-state index contributed by atoms with van der Waals surface area (Å²) in [6, 6.07) is 14.0. The van der Waals surface area contributed by atoms with E-state index in [4.69, 9.17) is 19.3 Å². The molecule has 2 aromatic carbocycles. The van der Waals surface area contributed by atoms with Crippen molar-refractivity contribution in [3.8, 4) is 11.5 Å². The number of hydrogen-bond donors (Lipinski definition) is 2. The van der Waals surface area contributed by atoms with Gasteiger partial charge in [0.05, 0.1) is 39.6 Å². The molecule has 2 amide bonds. The van der Waals surface area contributed by atoms with E-state index in [0.29, 0.717) is 37.7 Å². The zero-order valence-electron chi connectivity index (χ0n) is 18.0. The highest BCUT2D eigenvalue weighted by molar-refractivity contribution is 5.97. The predicted octanol–water partition coefficient (Wildman–Crippen LogP) is 2.37. The van der Waals surface area contributed by atoms with Crippen LogP contribution in [0.2, 0.25) is 0 Å². The van der Waals surface area contributed by atoms with E-state index in [1.165, 1.54) is 4.90 Å². The maximum atomic E-state index is 12.4. The second kappa shape index (κ2) is 11.4. The number of benzene rings is 2. The summed E-state index contributed by atoms with van der Waals surface area (Å²) in [5.41, 5.74) is 1.58. The lowest BCUT2D eigenvalue weighted by molar-refractivity contribution is -0.122. The van der Waals surface area contributed by atoms with Gasteiger partial charge in [0.1, 0.15) is 18.0 Å². The highest BCUT2D eigenvalue weighted by atomic mass is 16.5. The van der Waals surface area contributed by atoms with Crippen molar-refractivity contribution in [1.82, 2.24) is 4.90 Å². The van der Waals surface area contributed by atoms with Gasteiger partial charge in [0.25, 0.3) is 0 Å². The number of aliphatic hydroxyl groups excluding tert-OH is 1. The van der Waals surface area contributed by atoms with Crippen LogP contribution in [-0.4, -0.2) is 73.2 Å². The molecule has 0 unspecified atom stereocenters. The van der Waals surface area contributed by atoms with E-state index in [2.05, 4.69) is 0 Å². The Bertz CT molecular complexity index is 903. The van der Waals surface area contributed by atoms with Crippen LogP contribution in [0, 0.1) is 0 Å². The number of hydrogen-bond acceptors (Lipinski definition) is 6. The van der Waals surface area contributed by atoms with Gasteiger partial charge in [0.15, 0.2) is 0 Å². The summed E-state index contributed by atoms with van der Waals surface area (Å²) in [5.74, 6) is 1.07. The number of carboxylic acid groups (broad SMARTS) is 1. The van der Waals surface area contributed by atoms with Crippen LogP contribution in [0.4, 0.5) is 10.5 Å². The molecule has 32 heavy (non-hydrogen) atoms. The van der Waals surface area contributed by atoms with Crippen molar-refractivity contribution in [2.24, 2.45) is 0 Å². The highest BCUT2D eigenvalue weighted by Crippen LogP contribution is 2.24. The van der Waals surface area contributed by atoms with Crippen LogP contribution in [0.1, 0.15) is 12.0 Å². The number of anilines is 1. The fraction of sp³-hybridized carbons (Fsp3) is 0.391. The third-order valence-electron chi connectivity index (χ3n) is 5.14. The van der Waals surface area contributed by atoms with Crippen molar-refractivity contribution in [3.63, 3.8) is 0 Å². The number of nitrogens with zero attached hydrogens (tertiary/aromatic N) is 2. The molecule has 0 aromatic heterocycles. The van der Waals surface area contributed by atoms with E-state index >= 15 is 0 Å². The molecule has 0 bridgehead atoms. The maximum Gasteiger partial charge on any atom is 0.407 e. The molecule has 2 N–H and O–H groups in total. The first-order chi connectivity index (χ1) is 15.5. The van der Waals surface area contributed by atoms with Crippen LogP contribution < -0.4 is 14.4 Å². The predicted molar refractivity (Wildman–Crippen MR) is 117 cm³/mol. The normalized spacial score (nSPS) is 16.2. The summed E-state index contributed by atoms with van der Waals surface area (Å²) in [6.45, 7) is 0.970. The lowest BCUT2D eigenvalue weighted by Gasteiger charge is -2.39. The van der Waals surface area contributed by atoms with Gasteiger partial charge in [-0.1, -0.05) is 18.2 Å². The Morgan fingerprint density at radius 1 is 1.12 bits per heavy atom. The maximum absolute atomic E-state index is 12.4. The van der Waals surface area contributed by atoms with Gasteiger partial charge >= 0.3 is 6.09 Å². The quantitative estimate of drug-likeness (QED) is 0.542. The highest BCUT2D eigenvalue weighted by Gasteiger charge is 2.35. The number of ether oxygens (including phenoxy) is 3. The number of carbonyl (C=O) groups excluding carboxylic acids is 1. The number of piperazine rings is 1. The van der Waals surface area contributed by atoms with E-state index < -0.39 is 12.1 Å². The standard InChI is InChI=1S/C23H28N2O7/c1-30-21-6-3-2-5-17(21)16-31-11-4-12-32-20-9-7-18(8-10-20)25-19(15-26)13-24(23(28)29)14-22(25)27/h2-3,5-10,19,26H,4,11-16H2,1H3,(H,28,29)/t19-/m1/s1. The van der Waals surface area contributed by atoms with Crippen molar-refractivity contribution in [3.05, 3.63) is 54.1 Å². The Hall–Kier alpha value is -3.30. The van der Waals surface area contributed by atoms with E-state index in [1.807, 2.05) is 24.3 Å². The molecule has 1 fully saturated rings. The minimum Gasteiger partial charge on any atom is -0.496 e. The molecule has 9 heteroatoms. The number of carbonyl (C=O) groups is 2. The van der Waals surface area contributed by atoms with Crippen molar-refractivity contribution in [1.29, 1.82) is 0 Å². The van der Waals surface area contributed by atoms with E-state index in [9.17, 15) is 14.7 Å². The van der Waals surface area contributed by atoms with Gasteiger partial charge in [-0.2, -0.15) is 0 Å². The second-order valence-corrected chi connectivity index (χ2v) is 7.32. The Balaban J connectivity index is 1.44. The number of para-hydroxylation sites is 1. The molecular weight excluding hydrogens is 416 g/mol. The van der Waals surface area contributed by atoms with Crippen LogP contribution in [0.25, 0.3) is 0 Å². The van der Waals surface area contributed by atoms with Crippen LogP contribution in [0.5, 0.6) is 11.5 Å². The van der Waals surface area contributed by atoms with Crippen molar-refractivity contribution < 1.29 is 34.0 Å². The molecule has 172 valence electrons. The van der Waals surface area contributed by atoms with Gasteiger partial charge in [-0.05, 0) is 30.3 Å². The number of aliphatic hydroxyl groups is 1. The van der Waals surface area contributed by atoms with Gasteiger partial charge in [-0.25, -0.2) is 4.79 Å². The SMILES string of the molecule is COc1ccccc1COCCCOc1ccc(N2C(=O)CN(C(=O)O)C[C@@H]2CO)cc1. The molecule has 0 spiro atoms. The Kier molecular flexibility index (Phi) is 8.29. The van der Waals surface area contributed by atoms with Crippen molar-refractivity contribution in [2.75, 3.05) is 44.9 Å². The molecule has 0 radical (unpaired) electrons. The molecule has 1 saturated heterocycles. The molecule has 1 heterocycles. The minimum absolute atomic E-state index is 0.0602. The molecule has 9 nitrogen and oxygen atoms in total. The van der Waals surface area contributed by atoms with Crippen LogP contribution >= 0.6 is 0 Å². The number of methoxy groups -OCH3 is 1. The average Bonchev–Trinajstić information content (AvgIpc) is 2.81. The van der Waals surface area contributed by atoms with Gasteiger partial charge in [0.2, 0.25) is 5.91 Å². The number of amides is 2. The summed E-state index contributed by atoms with van der Waals surface area (Å²) in [6.07, 6.45) is -0.467. The van der Waals surface area contributed by atoms with E-state index in [-0.39, 0.29) is 25.6 Å². The van der Waals surface area contributed by atoms with Gasteiger partial charge in [0, 0.05) is 24.2 Å². The minimum atomic E-state index is -1.17. The molecule has 1 aliphatic heterocycles. The lowest BCUT2D eigenvalue weighted by atomic mass is 10.1. The first-order valence-corrected chi connectivity index (χ1v) is 10.4. The van der Waals surface area contributed by atoms with Crippen molar-refractivity contribution in [2.45, 2.75) is 19.1 Å². The van der Waals surface area contributed by atoms with Crippen LogP contribution in [-0.2, 0) is 16.1 Å². The molecule has 0 aliphatic carbocycles. The lowest BCUT2D eigenvalue weighted by Crippen LogP contribution is -2.59. The van der Waals surface area contributed by atoms with Crippen LogP contribution in [0.3, 0.4) is 0 Å².